The zero-order valence-corrected chi connectivity index (χ0v) is 14.8. The maximum atomic E-state index is 4.56. The Balaban J connectivity index is 1.23. The predicted molar refractivity (Wildman–Crippen MR) is 100 cm³/mol. The summed E-state index contributed by atoms with van der Waals surface area (Å²) in [6.45, 7) is 4.81. The summed E-state index contributed by atoms with van der Waals surface area (Å²) in [5.74, 6) is 3.26. The molecule has 1 N–H and O–H groups in total. The summed E-state index contributed by atoms with van der Waals surface area (Å²) in [6.07, 6.45) is 7.00. The van der Waals surface area contributed by atoms with E-state index in [9.17, 15) is 0 Å². The highest BCUT2D eigenvalue weighted by molar-refractivity contribution is 5.88. The fraction of sp³-hybridized carbons (Fsp3) is 0.421. The van der Waals surface area contributed by atoms with Gasteiger partial charge < -0.3 is 10.2 Å². The Labute approximate surface area is 151 Å². The molecular formula is C19H21N7. The fourth-order valence-electron chi connectivity index (χ4n) is 3.83. The van der Waals surface area contributed by atoms with Crippen LogP contribution in [-0.4, -0.2) is 44.8 Å². The lowest BCUT2D eigenvalue weighted by Gasteiger charge is -2.40. The molecule has 0 radical (unpaired) electrons. The van der Waals surface area contributed by atoms with Crippen LogP contribution in [0.1, 0.15) is 23.5 Å². The van der Waals surface area contributed by atoms with E-state index in [0.29, 0.717) is 5.92 Å². The molecule has 3 aromatic heterocycles. The fourth-order valence-corrected chi connectivity index (χ4v) is 3.83. The first-order valence-corrected chi connectivity index (χ1v) is 9.19. The van der Waals surface area contributed by atoms with E-state index in [4.69, 9.17) is 0 Å². The molecule has 26 heavy (non-hydrogen) atoms. The molecule has 2 aliphatic rings. The van der Waals surface area contributed by atoms with E-state index in [2.05, 4.69) is 41.4 Å². The van der Waals surface area contributed by atoms with Crippen molar-refractivity contribution in [1.29, 1.82) is 0 Å². The summed E-state index contributed by atoms with van der Waals surface area (Å²) in [7, 11) is 0. The highest BCUT2D eigenvalue weighted by atomic mass is 15.3. The number of nitrogens with one attached hydrogen (secondary N) is 1. The summed E-state index contributed by atoms with van der Waals surface area (Å²) in [4.78, 5) is 15.5. The largest absolute Gasteiger partial charge is 0.369 e. The second kappa shape index (κ2) is 6.16. The van der Waals surface area contributed by atoms with E-state index in [1.54, 1.807) is 12.4 Å². The average Bonchev–Trinajstić information content (AvgIpc) is 3.08. The first-order valence-electron chi connectivity index (χ1n) is 9.19. The van der Waals surface area contributed by atoms with Crippen LogP contribution >= 0.6 is 0 Å². The minimum atomic E-state index is 0.581. The first-order chi connectivity index (χ1) is 12.8. The second-order valence-electron chi connectivity index (χ2n) is 7.19. The number of aromatic nitrogens is 5. The molecule has 1 fully saturated rings. The first kappa shape index (κ1) is 15.4. The molecule has 0 saturated carbocycles. The molecule has 0 bridgehead atoms. The standard InChI is InChI=1S/C19H21N7/c1-12-22-17-9-20-6-5-15(17)19(23-12)21-8-13-10-26(11-13)18-7-14-3-2-4-16(14)24-25-18/h5-7,9,13H,2-4,8,10-11H2,1H3,(H,21,22,23). The maximum absolute atomic E-state index is 4.56. The van der Waals surface area contributed by atoms with Crippen molar-refractivity contribution in [2.24, 2.45) is 5.92 Å². The van der Waals surface area contributed by atoms with Gasteiger partial charge in [-0.15, -0.1) is 5.10 Å². The van der Waals surface area contributed by atoms with Gasteiger partial charge in [-0.3, -0.25) is 4.98 Å². The van der Waals surface area contributed by atoms with Crippen LogP contribution in [0, 0.1) is 12.8 Å². The summed E-state index contributed by atoms with van der Waals surface area (Å²) in [6, 6.07) is 4.19. The Hall–Kier alpha value is -2.83. The van der Waals surface area contributed by atoms with E-state index >= 15 is 0 Å². The van der Waals surface area contributed by atoms with Crippen molar-refractivity contribution in [1.82, 2.24) is 25.1 Å². The molecular weight excluding hydrogens is 326 g/mol. The molecule has 3 aromatic rings. The molecule has 1 aliphatic carbocycles. The van der Waals surface area contributed by atoms with Crippen LogP contribution in [0.25, 0.3) is 10.9 Å². The molecule has 132 valence electrons. The van der Waals surface area contributed by atoms with Gasteiger partial charge >= 0.3 is 0 Å². The Bertz CT molecular complexity index is 965. The lowest BCUT2D eigenvalue weighted by atomic mass is 10.00. The molecule has 7 nitrogen and oxygen atoms in total. The monoisotopic (exact) mass is 347 g/mol. The van der Waals surface area contributed by atoms with Crippen LogP contribution < -0.4 is 10.2 Å². The van der Waals surface area contributed by atoms with Gasteiger partial charge in [0.05, 0.1) is 17.4 Å². The molecule has 5 rings (SSSR count). The quantitative estimate of drug-likeness (QED) is 0.774. The van der Waals surface area contributed by atoms with Crippen molar-refractivity contribution in [3.05, 3.63) is 41.6 Å². The van der Waals surface area contributed by atoms with Gasteiger partial charge in [-0.1, -0.05) is 0 Å². The topological polar surface area (TPSA) is 79.7 Å². The van der Waals surface area contributed by atoms with Crippen molar-refractivity contribution >= 4 is 22.5 Å². The molecule has 0 amide bonds. The number of fused-ring (bicyclic) bond motifs is 2. The number of aryl methyl sites for hydroxylation is 3. The molecule has 0 atom stereocenters. The summed E-state index contributed by atoms with van der Waals surface area (Å²) < 4.78 is 0. The Morgan fingerprint density at radius 1 is 1.19 bits per heavy atom. The van der Waals surface area contributed by atoms with Crippen molar-refractivity contribution < 1.29 is 0 Å². The van der Waals surface area contributed by atoms with Gasteiger partial charge in [-0.2, -0.15) is 5.10 Å². The summed E-state index contributed by atoms with van der Waals surface area (Å²) in [5, 5.41) is 13.3. The van der Waals surface area contributed by atoms with Crippen molar-refractivity contribution in [2.45, 2.75) is 26.2 Å². The van der Waals surface area contributed by atoms with Crippen molar-refractivity contribution in [3.8, 4) is 0 Å². The molecule has 7 heteroatoms. The number of hydrogen-bond donors (Lipinski definition) is 1. The smallest absolute Gasteiger partial charge is 0.151 e. The summed E-state index contributed by atoms with van der Waals surface area (Å²) in [5.41, 5.74) is 3.45. The van der Waals surface area contributed by atoms with Gasteiger partial charge in [0, 0.05) is 37.1 Å². The molecule has 1 aliphatic heterocycles. The highest BCUT2D eigenvalue weighted by Gasteiger charge is 2.29. The van der Waals surface area contributed by atoms with Gasteiger partial charge in [0.1, 0.15) is 11.6 Å². The lowest BCUT2D eigenvalue weighted by molar-refractivity contribution is 0.425. The average molecular weight is 347 g/mol. The van der Waals surface area contributed by atoms with Crippen LogP contribution in [0.5, 0.6) is 0 Å². The van der Waals surface area contributed by atoms with Crippen LogP contribution in [-0.2, 0) is 12.8 Å². The minimum absolute atomic E-state index is 0.581. The van der Waals surface area contributed by atoms with Gasteiger partial charge in [0.15, 0.2) is 5.82 Å². The third-order valence-corrected chi connectivity index (χ3v) is 5.26. The molecule has 0 aromatic carbocycles. The Kier molecular flexibility index (Phi) is 3.65. The summed E-state index contributed by atoms with van der Waals surface area (Å²) >= 11 is 0. The van der Waals surface area contributed by atoms with Crippen LogP contribution in [0.2, 0.25) is 0 Å². The molecule has 0 spiro atoms. The SMILES string of the molecule is Cc1nc(NCC2CN(c3cc4c(nn3)CCC4)C2)c2ccncc2n1. The zero-order valence-electron chi connectivity index (χ0n) is 14.8. The van der Waals surface area contributed by atoms with E-state index in [0.717, 1.165) is 60.8 Å². The highest BCUT2D eigenvalue weighted by Crippen LogP contribution is 2.27. The Morgan fingerprint density at radius 3 is 3.04 bits per heavy atom. The van der Waals surface area contributed by atoms with Gasteiger partial charge in [-0.25, -0.2) is 9.97 Å². The van der Waals surface area contributed by atoms with Crippen molar-refractivity contribution in [2.75, 3.05) is 29.9 Å². The normalized spacial score (nSPS) is 16.6. The van der Waals surface area contributed by atoms with E-state index in [1.807, 2.05) is 13.0 Å². The van der Waals surface area contributed by atoms with E-state index in [-0.39, 0.29) is 0 Å². The van der Waals surface area contributed by atoms with Crippen LogP contribution in [0.4, 0.5) is 11.6 Å². The number of pyridine rings is 1. The minimum Gasteiger partial charge on any atom is -0.369 e. The van der Waals surface area contributed by atoms with Gasteiger partial charge in [0.25, 0.3) is 0 Å². The zero-order chi connectivity index (χ0) is 17.5. The van der Waals surface area contributed by atoms with Gasteiger partial charge in [0.2, 0.25) is 0 Å². The van der Waals surface area contributed by atoms with E-state index in [1.165, 1.54) is 17.7 Å². The number of anilines is 2. The molecule has 1 saturated heterocycles. The Morgan fingerprint density at radius 2 is 2.12 bits per heavy atom. The second-order valence-corrected chi connectivity index (χ2v) is 7.19. The maximum Gasteiger partial charge on any atom is 0.151 e. The molecule has 4 heterocycles. The van der Waals surface area contributed by atoms with Crippen molar-refractivity contribution in [3.63, 3.8) is 0 Å². The predicted octanol–water partition coefficient (Wildman–Crippen LogP) is 2.16. The third kappa shape index (κ3) is 2.73. The van der Waals surface area contributed by atoms with Crippen LogP contribution in [0.15, 0.2) is 24.5 Å². The lowest BCUT2D eigenvalue weighted by Crippen LogP contribution is -2.50. The van der Waals surface area contributed by atoms with Crippen LogP contribution in [0.3, 0.4) is 0 Å². The third-order valence-electron chi connectivity index (χ3n) is 5.26. The number of rotatable bonds is 4. The molecule has 0 unspecified atom stereocenters. The number of hydrogen-bond acceptors (Lipinski definition) is 7. The number of nitrogens with zero attached hydrogens (tertiary/aromatic N) is 6. The van der Waals surface area contributed by atoms with Gasteiger partial charge in [-0.05, 0) is 43.9 Å². The van der Waals surface area contributed by atoms with E-state index < -0.39 is 0 Å².